The highest BCUT2D eigenvalue weighted by Crippen LogP contribution is 2.27. The van der Waals surface area contributed by atoms with E-state index in [1.54, 1.807) is 25.2 Å². The zero-order valence-electron chi connectivity index (χ0n) is 20.3. The first-order valence-electron chi connectivity index (χ1n) is 11.4. The number of aromatic nitrogens is 2. The molecule has 1 aromatic heterocycles. The van der Waals surface area contributed by atoms with Crippen molar-refractivity contribution in [1.29, 1.82) is 0 Å². The summed E-state index contributed by atoms with van der Waals surface area (Å²) in [4.78, 5) is 15.9. The SMILES string of the molecule is C=CC=C(C=C(Cl)COC(C)C)c1nc(-c2ccc(OCCCCC(=O)OCC)cc2C)no1. The Bertz CT molecular complexity index is 1010. The third-order valence-corrected chi connectivity index (χ3v) is 4.84. The fourth-order valence-electron chi connectivity index (χ4n) is 2.99. The second-order valence-electron chi connectivity index (χ2n) is 7.82. The Morgan fingerprint density at radius 2 is 2.09 bits per heavy atom. The van der Waals surface area contributed by atoms with Gasteiger partial charge in [0.25, 0.3) is 5.89 Å². The van der Waals surface area contributed by atoms with Crippen molar-refractivity contribution < 1.29 is 23.5 Å². The van der Waals surface area contributed by atoms with E-state index in [9.17, 15) is 4.79 Å². The summed E-state index contributed by atoms with van der Waals surface area (Å²) in [5.41, 5.74) is 2.43. The van der Waals surface area contributed by atoms with E-state index in [-0.39, 0.29) is 18.7 Å². The smallest absolute Gasteiger partial charge is 0.305 e. The fourth-order valence-corrected chi connectivity index (χ4v) is 3.17. The molecule has 0 radical (unpaired) electrons. The summed E-state index contributed by atoms with van der Waals surface area (Å²) in [5, 5.41) is 4.65. The monoisotopic (exact) mass is 488 g/mol. The van der Waals surface area contributed by atoms with Crippen molar-refractivity contribution in [3.63, 3.8) is 0 Å². The normalized spacial score (nSPS) is 12.2. The average Bonchev–Trinajstić information content (AvgIpc) is 3.27. The van der Waals surface area contributed by atoms with Gasteiger partial charge in [0.05, 0.1) is 25.9 Å². The lowest BCUT2D eigenvalue weighted by atomic mass is 10.1. The van der Waals surface area contributed by atoms with E-state index in [1.807, 2.05) is 39.0 Å². The van der Waals surface area contributed by atoms with Gasteiger partial charge in [-0.3, -0.25) is 4.79 Å². The van der Waals surface area contributed by atoms with Crippen molar-refractivity contribution in [3.05, 3.63) is 59.5 Å². The summed E-state index contributed by atoms with van der Waals surface area (Å²) >= 11 is 6.30. The molecule has 8 heteroatoms. The van der Waals surface area contributed by atoms with E-state index in [0.717, 1.165) is 29.7 Å². The van der Waals surface area contributed by atoms with E-state index in [0.29, 0.717) is 42.0 Å². The summed E-state index contributed by atoms with van der Waals surface area (Å²) in [5.74, 6) is 1.37. The minimum atomic E-state index is -0.171. The number of esters is 1. The largest absolute Gasteiger partial charge is 0.494 e. The van der Waals surface area contributed by atoms with E-state index >= 15 is 0 Å². The van der Waals surface area contributed by atoms with Gasteiger partial charge in [-0.1, -0.05) is 29.4 Å². The van der Waals surface area contributed by atoms with Crippen LogP contribution in [0.3, 0.4) is 0 Å². The third kappa shape index (κ3) is 9.15. The summed E-state index contributed by atoms with van der Waals surface area (Å²) in [6.07, 6.45) is 7.09. The van der Waals surface area contributed by atoms with Crippen molar-refractivity contribution in [2.24, 2.45) is 0 Å². The van der Waals surface area contributed by atoms with Crippen LogP contribution in [-0.4, -0.2) is 42.0 Å². The molecule has 184 valence electrons. The molecule has 34 heavy (non-hydrogen) atoms. The number of halogens is 1. The molecule has 2 aromatic rings. The maximum Gasteiger partial charge on any atom is 0.305 e. The molecule has 0 bridgehead atoms. The molecule has 0 N–H and O–H groups in total. The number of hydrogen-bond donors (Lipinski definition) is 0. The van der Waals surface area contributed by atoms with Gasteiger partial charge in [0.1, 0.15) is 5.75 Å². The summed E-state index contributed by atoms with van der Waals surface area (Å²) < 4.78 is 21.7. The van der Waals surface area contributed by atoms with Crippen LogP contribution >= 0.6 is 11.6 Å². The Kier molecular flexibility index (Phi) is 11.6. The Morgan fingerprint density at radius 3 is 2.76 bits per heavy atom. The molecule has 1 heterocycles. The van der Waals surface area contributed by atoms with Crippen molar-refractivity contribution in [1.82, 2.24) is 10.1 Å². The molecule has 0 amide bonds. The lowest BCUT2D eigenvalue weighted by molar-refractivity contribution is -0.143. The van der Waals surface area contributed by atoms with E-state index in [4.69, 9.17) is 30.3 Å². The number of rotatable bonds is 14. The lowest BCUT2D eigenvalue weighted by Crippen LogP contribution is -2.05. The number of unbranched alkanes of at least 4 members (excludes halogenated alkanes) is 1. The summed E-state index contributed by atoms with van der Waals surface area (Å²) in [6.45, 7) is 12.6. The molecule has 0 saturated carbocycles. The Hall–Kier alpha value is -2.90. The number of hydrogen-bond acceptors (Lipinski definition) is 7. The maximum absolute atomic E-state index is 11.4. The van der Waals surface area contributed by atoms with Crippen molar-refractivity contribution in [3.8, 4) is 17.1 Å². The van der Waals surface area contributed by atoms with Crippen LogP contribution < -0.4 is 4.74 Å². The quantitative estimate of drug-likeness (QED) is 0.176. The number of nitrogens with zero attached hydrogens (tertiary/aromatic N) is 2. The first kappa shape index (κ1) is 27.3. The Morgan fingerprint density at radius 1 is 1.29 bits per heavy atom. The van der Waals surface area contributed by atoms with E-state index in [1.165, 1.54) is 0 Å². The second kappa shape index (κ2) is 14.4. The van der Waals surface area contributed by atoms with Crippen molar-refractivity contribution >= 4 is 23.1 Å². The third-order valence-electron chi connectivity index (χ3n) is 4.63. The van der Waals surface area contributed by atoms with Gasteiger partial charge in [-0.15, -0.1) is 0 Å². The van der Waals surface area contributed by atoms with Gasteiger partial charge in [0.2, 0.25) is 5.82 Å². The number of aryl methyl sites for hydroxylation is 1. The zero-order chi connectivity index (χ0) is 24.9. The van der Waals surface area contributed by atoms with Crippen LogP contribution in [0.15, 0.2) is 52.6 Å². The number of allylic oxidation sites excluding steroid dienone is 4. The summed E-state index contributed by atoms with van der Waals surface area (Å²) in [6, 6.07) is 5.69. The number of carbonyl (C=O) groups is 1. The molecule has 0 saturated heterocycles. The van der Waals surface area contributed by atoms with Gasteiger partial charge in [0.15, 0.2) is 0 Å². The second-order valence-corrected chi connectivity index (χ2v) is 8.30. The minimum absolute atomic E-state index is 0.0727. The van der Waals surface area contributed by atoms with Crippen LogP contribution in [0.5, 0.6) is 5.75 Å². The Labute approximate surface area is 206 Å². The number of ether oxygens (including phenoxy) is 3. The van der Waals surface area contributed by atoms with Crippen LogP contribution in [0.25, 0.3) is 17.0 Å². The first-order valence-corrected chi connectivity index (χ1v) is 11.8. The lowest BCUT2D eigenvalue weighted by Gasteiger charge is -2.08. The molecule has 0 atom stereocenters. The molecule has 0 aliphatic carbocycles. The van der Waals surface area contributed by atoms with Gasteiger partial charge in [-0.25, -0.2) is 0 Å². The zero-order valence-corrected chi connectivity index (χ0v) is 21.1. The molecular weight excluding hydrogens is 456 g/mol. The van der Waals surface area contributed by atoms with Gasteiger partial charge < -0.3 is 18.7 Å². The van der Waals surface area contributed by atoms with Gasteiger partial charge in [-0.05, 0) is 76.5 Å². The van der Waals surface area contributed by atoms with Crippen LogP contribution in [-0.2, 0) is 14.3 Å². The fraction of sp³-hybridized carbons (Fsp3) is 0.423. The molecule has 0 aliphatic rings. The molecule has 0 aliphatic heterocycles. The van der Waals surface area contributed by atoms with E-state index in [2.05, 4.69) is 16.7 Å². The topological polar surface area (TPSA) is 83.7 Å². The van der Waals surface area contributed by atoms with Crippen LogP contribution in [0.1, 0.15) is 51.5 Å². The molecule has 2 rings (SSSR count). The molecule has 0 spiro atoms. The van der Waals surface area contributed by atoms with Crippen LogP contribution in [0.4, 0.5) is 0 Å². The van der Waals surface area contributed by atoms with Crippen molar-refractivity contribution in [2.45, 2.75) is 53.1 Å². The summed E-state index contributed by atoms with van der Waals surface area (Å²) in [7, 11) is 0. The molecule has 0 unspecified atom stereocenters. The Balaban J connectivity index is 2.02. The van der Waals surface area contributed by atoms with E-state index < -0.39 is 0 Å². The molecular formula is C26H33ClN2O5. The van der Waals surface area contributed by atoms with Crippen molar-refractivity contribution in [2.75, 3.05) is 19.8 Å². The standard InChI is InChI=1S/C26H33ClN2O5/c1-6-10-20(16-21(27)17-33-18(3)4)26-28-25(29-34-26)23-13-12-22(15-19(23)5)32-14-9-8-11-24(30)31-7-2/h6,10,12-13,15-16,18H,1,7-9,11,14,17H2,2-5H3. The number of carbonyl (C=O) groups excluding carboxylic acids is 1. The predicted molar refractivity (Wildman–Crippen MR) is 134 cm³/mol. The molecule has 1 aromatic carbocycles. The molecule has 7 nitrogen and oxygen atoms in total. The average molecular weight is 489 g/mol. The predicted octanol–water partition coefficient (Wildman–Crippen LogP) is 6.27. The van der Waals surface area contributed by atoms with Crippen LogP contribution in [0, 0.1) is 6.92 Å². The first-order chi connectivity index (χ1) is 16.3. The minimum Gasteiger partial charge on any atom is -0.494 e. The van der Waals surface area contributed by atoms with Crippen LogP contribution in [0.2, 0.25) is 0 Å². The van der Waals surface area contributed by atoms with Gasteiger partial charge in [0, 0.05) is 22.6 Å². The highest BCUT2D eigenvalue weighted by molar-refractivity contribution is 6.30. The highest BCUT2D eigenvalue weighted by atomic mass is 35.5. The van der Waals surface area contributed by atoms with Gasteiger partial charge in [-0.2, -0.15) is 4.98 Å². The highest BCUT2D eigenvalue weighted by Gasteiger charge is 2.14. The molecule has 0 fully saturated rings. The number of benzene rings is 1. The van der Waals surface area contributed by atoms with Gasteiger partial charge >= 0.3 is 5.97 Å². The maximum atomic E-state index is 11.4.